The fraction of sp³-hybridized carbons (Fsp3) is 1.00. The van der Waals surface area contributed by atoms with Gasteiger partial charge in [-0.3, -0.25) is 0 Å². The van der Waals surface area contributed by atoms with Crippen molar-refractivity contribution in [3.8, 4) is 0 Å². The van der Waals surface area contributed by atoms with Crippen molar-refractivity contribution in [1.29, 1.82) is 0 Å². The van der Waals surface area contributed by atoms with Crippen LogP contribution < -0.4 is 0 Å². The Morgan fingerprint density at radius 2 is 1.28 bits per heavy atom. The van der Waals surface area contributed by atoms with Crippen LogP contribution in [0.15, 0.2) is 0 Å². The molecule has 176 valence electrons. The molecule has 2 unspecified atom stereocenters. The molecule has 1 aliphatic rings. The SMILES string of the molecule is CC[C@H]1OC(COP(=O)(O)O)[C@@H](OP(=O)(O)O)C(OP(=O)(O)O)[C@@H]1O[PH](O)(O)O. The first-order valence-corrected chi connectivity index (χ1v) is 13.8. The maximum absolute atomic E-state index is 11.3. The van der Waals surface area contributed by atoms with Gasteiger partial charge in [-0.25, -0.2) is 0 Å². The fourth-order valence-electron chi connectivity index (χ4n) is 2.51. The molecule has 1 fully saturated rings. The number of phosphoric acid groups is 3. The molecule has 17 nitrogen and oxygen atoms in total. The molecule has 21 heteroatoms. The molecule has 5 atom stereocenters. The van der Waals surface area contributed by atoms with Crippen molar-refractivity contribution >= 4 is 31.6 Å². The zero-order valence-electron chi connectivity index (χ0n) is 14.4. The first kappa shape index (κ1) is 27.6. The van der Waals surface area contributed by atoms with E-state index in [4.69, 9.17) is 34.1 Å². The predicted octanol–water partition coefficient (Wildman–Crippen LogP) is -2.00. The molecule has 9 N–H and O–H groups in total. The van der Waals surface area contributed by atoms with Crippen LogP contribution in [0, 0.1) is 0 Å². The van der Waals surface area contributed by atoms with Crippen LogP contribution in [0.2, 0.25) is 0 Å². The Hall–Kier alpha value is 0.560. The van der Waals surface area contributed by atoms with Crippen LogP contribution in [0.4, 0.5) is 0 Å². The summed E-state index contributed by atoms with van der Waals surface area (Å²) in [6.45, 7) is 0.315. The van der Waals surface area contributed by atoms with Gasteiger partial charge in [-0.1, -0.05) is 0 Å². The van der Waals surface area contributed by atoms with Gasteiger partial charge in [0.25, 0.3) is 0 Å². The fourth-order valence-corrected chi connectivity index (χ4v) is 4.64. The molecule has 1 aliphatic heterocycles. The van der Waals surface area contributed by atoms with Crippen LogP contribution in [0.3, 0.4) is 0 Å². The molecule has 0 aromatic heterocycles. The standard InChI is InChI=1S/C8H22O17P4/c1-2-4-6(23-27(12,13)14)8(25-29(18,19)20)7(24-28(15,16)17)5(22-4)3-21-26(9,10)11/h4-8,12-14,27H,2-3H2,1H3,(H2,9,10,11)(H2,15,16,17)(H2,18,19,20)/t4-,5?,6-,7-,8?/m1/s1. The predicted molar refractivity (Wildman–Crippen MR) is 90.6 cm³/mol. The molecule has 0 amide bonds. The van der Waals surface area contributed by atoms with E-state index in [1.807, 2.05) is 0 Å². The first-order chi connectivity index (χ1) is 12.8. The Morgan fingerprint density at radius 1 is 0.793 bits per heavy atom. The molecule has 0 aromatic rings. The van der Waals surface area contributed by atoms with Crippen molar-refractivity contribution in [3.63, 3.8) is 0 Å². The summed E-state index contributed by atoms with van der Waals surface area (Å²) in [7, 11) is -21.4. The van der Waals surface area contributed by atoms with Gasteiger partial charge in [-0.2, -0.15) is 0 Å². The second-order valence-electron chi connectivity index (χ2n) is 5.69. The van der Waals surface area contributed by atoms with E-state index in [9.17, 15) is 28.4 Å². The molecule has 0 radical (unpaired) electrons. The summed E-state index contributed by atoms with van der Waals surface area (Å²) >= 11 is 0. The number of rotatable bonds is 10. The summed E-state index contributed by atoms with van der Waals surface area (Å²) in [4.78, 5) is 81.6. The number of hydrogen-bond donors (Lipinski definition) is 9. The topological polar surface area (TPSA) is 279 Å². The summed E-state index contributed by atoms with van der Waals surface area (Å²) in [5.74, 6) is 0. The van der Waals surface area contributed by atoms with Gasteiger partial charge in [0, 0.05) is 0 Å². The molecule has 1 rings (SSSR count). The summed E-state index contributed by atoms with van der Waals surface area (Å²) in [6, 6.07) is 0. The third kappa shape index (κ3) is 10.6. The molecular weight excluding hydrogens is 492 g/mol. The van der Waals surface area contributed by atoms with E-state index in [0.29, 0.717) is 0 Å². The monoisotopic (exact) mass is 514 g/mol. The van der Waals surface area contributed by atoms with E-state index < -0.39 is 68.8 Å². The molecule has 0 bridgehead atoms. The Bertz CT molecular complexity index is 673. The van der Waals surface area contributed by atoms with Crippen molar-refractivity contribution in [2.24, 2.45) is 0 Å². The number of hydrogen-bond acceptors (Lipinski definition) is 11. The molecule has 1 heterocycles. The molecule has 0 aliphatic carbocycles. The molecule has 0 saturated carbocycles. The van der Waals surface area contributed by atoms with E-state index >= 15 is 0 Å². The van der Waals surface area contributed by atoms with E-state index in [2.05, 4.69) is 18.1 Å². The summed E-state index contributed by atoms with van der Waals surface area (Å²) in [6.07, 6.45) is -9.66. The minimum absolute atomic E-state index is 0.120. The molecule has 1 saturated heterocycles. The van der Waals surface area contributed by atoms with Crippen LogP contribution >= 0.6 is 31.6 Å². The maximum atomic E-state index is 11.3. The van der Waals surface area contributed by atoms with E-state index in [0.717, 1.165) is 0 Å². The van der Waals surface area contributed by atoms with Gasteiger partial charge in [0.1, 0.15) is 0 Å². The van der Waals surface area contributed by atoms with Crippen LogP contribution in [0.25, 0.3) is 0 Å². The van der Waals surface area contributed by atoms with Gasteiger partial charge in [0.2, 0.25) is 0 Å². The first-order valence-electron chi connectivity index (χ1n) is 7.49. The van der Waals surface area contributed by atoms with Gasteiger partial charge in [0.05, 0.1) is 0 Å². The van der Waals surface area contributed by atoms with E-state index in [1.165, 1.54) is 6.92 Å². The minimum atomic E-state index is -5.45. The van der Waals surface area contributed by atoms with Gasteiger partial charge in [0.15, 0.2) is 0 Å². The Morgan fingerprint density at radius 3 is 1.66 bits per heavy atom. The van der Waals surface area contributed by atoms with Gasteiger partial charge < -0.3 is 0 Å². The molecular formula is C8H22O17P4. The Balaban J connectivity index is 3.40. The van der Waals surface area contributed by atoms with E-state index in [-0.39, 0.29) is 6.42 Å². The van der Waals surface area contributed by atoms with Crippen LogP contribution in [-0.2, 0) is 36.5 Å². The van der Waals surface area contributed by atoms with Crippen molar-refractivity contribution < 1.29 is 80.6 Å². The second kappa shape index (κ2) is 10.0. The average molecular weight is 514 g/mol. The molecule has 0 aromatic carbocycles. The van der Waals surface area contributed by atoms with Gasteiger partial charge in [-0.15, -0.1) is 0 Å². The third-order valence-corrected chi connectivity index (χ3v) is 5.46. The summed E-state index contributed by atoms with van der Waals surface area (Å²) in [5.41, 5.74) is 0. The Kier molecular flexibility index (Phi) is 9.52. The van der Waals surface area contributed by atoms with Gasteiger partial charge >= 0.3 is 163 Å². The number of phosphoric ester groups is 3. The van der Waals surface area contributed by atoms with Gasteiger partial charge in [-0.05, 0) is 0 Å². The second-order valence-corrected chi connectivity index (χ2v) is 10.7. The normalized spacial score (nSPS) is 30.3. The summed E-state index contributed by atoms with van der Waals surface area (Å²) < 4.78 is 56.4. The van der Waals surface area contributed by atoms with E-state index in [1.54, 1.807) is 0 Å². The van der Waals surface area contributed by atoms with Crippen molar-refractivity contribution in [3.05, 3.63) is 0 Å². The van der Waals surface area contributed by atoms with Crippen LogP contribution in [0.1, 0.15) is 13.3 Å². The summed E-state index contributed by atoms with van der Waals surface area (Å²) in [5, 5.41) is 0. The zero-order valence-corrected chi connectivity index (χ0v) is 18.1. The van der Waals surface area contributed by atoms with Crippen LogP contribution in [0.5, 0.6) is 0 Å². The third-order valence-electron chi connectivity index (χ3n) is 3.35. The van der Waals surface area contributed by atoms with Crippen molar-refractivity contribution in [1.82, 2.24) is 0 Å². The average Bonchev–Trinajstić information content (AvgIpc) is 2.44. The Labute approximate surface area is 163 Å². The molecule has 29 heavy (non-hydrogen) atoms. The quantitative estimate of drug-likeness (QED) is 0.143. The van der Waals surface area contributed by atoms with Crippen molar-refractivity contribution in [2.45, 2.75) is 43.9 Å². The van der Waals surface area contributed by atoms with Crippen molar-refractivity contribution in [2.75, 3.05) is 6.61 Å². The van der Waals surface area contributed by atoms with Crippen LogP contribution in [-0.4, -0.2) is 81.2 Å². The number of ether oxygens (including phenoxy) is 1. The molecule has 0 spiro atoms. The zero-order chi connectivity index (χ0) is 22.8.